The molecule has 2 aromatic heterocycles. The van der Waals surface area contributed by atoms with Crippen molar-refractivity contribution in [1.82, 2.24) is 24.3 Å². The van der Waals surface area contributed by atoms with E-state index >= 15 is 0 Å². The molecule has 2 unspecified atom stereocenters. The van der Waals surface area contributed by atoms with Crippen LogP contribution in [-0.4, -0.2) is 49.9 Å². The van der Waals surface area contributed by atoms with Crippen molar-refractivity contribution < 1.29 is 14.2 Å². The molecule has 1 aliphatic rings. The van der Waals surface area contributed by atoms with Crippen LogP contribution < -0.4 is 4.74 Å². The predicted octanol–water partition coefficient (Wildman–Crippen LogP) is 4.84. The molecule has 4 aromatic rings. The van der Waals surface area contributed by atoms with Crippen molar-refractivity contribution in [2.75, 3.05) is 19.5 Å². The first-order valence-corrected chi connectivity index (χ1v) is 12.4. The summed E-state index contributed by atoms with van der Waals surface area (Å²) in [6.45, 7) is 1.05. The highest BCUT2D eigenvalue weighted by molar-refractivity contribution is 7.98. The highest BCUT2D eigenvalue weighted by atomic mass is 35.5. The maximum absolute atomic E-state index is 6.53. The maximum atomic E-state index is 6.53. The van der Waals surface area contributed by atoms with E-state index in [9.17, 15) is 0 Å². The van der Waals surface area contributed by atoms with E-state index in [-0.39, 0.29) is 6.10 Å². The van der Waals surface area contributed by atoms with Crippen LogP contribution in [0.5, 0.6) is 5.75 Å². The molecule has 0 saturated carbocycles. The number of hydrogen-bond acceptors (Lipinski definition) is 7. The summed E-state index contributed by atoms with van der Waals surface area (Å²) in [7, 11) is 0. The molecule has 0 amide bonds. The number of benzene rings is 2. The zero-order valence-electron chi connectivity index (χ0n) is 18.2. The summed E-state index contributed by atoms with van der Waals surface area (Å²) in [6.07, 6.45) is 8.62. The minimum atomic E-state index is -1.08. The second-order valence-electron chi connectivity index (χ2n) is 7.66. The van der Waals surface area contributed by atoms with E-state index in [1.54, 1.807) is 31.0 Å². The van der Waals surface area contributed by atoms with Crippen molar-refractivity contribution >= 4 is 35.0 Å². The number of nitrogens with zero attached hydrogens (tertiary/aromatic N) is 5. The molecule has 34 heavy (non-hydrogen) atoms. The van der Waals surface area contributed by atoms with Crippen molar-refractivity contribution in [3.63, 3.8) is 0 Å². The van der Waals surface area contributed by atoms with Crippen LogP contribution in [0.3, 0.4) is 0 Å². The predicted molar refractivity (Wildman–Crippen MR) is 130 cm³/mol. The fourth-order valence-corrected chi connectivity index (χ4v) is 4.84. The van der Waals surface area contributed by atoms with Crippen LogP contribution >= 0.6 is 35.0 Å². The normalized spacial score (nSPS) is 20.0. The Hall–Kier alpha value is -2.56. The minimum absolute atomic E-state index is 0.295. The lowest BCUT2D eigenvalue weighted by Gasteiger charge is -2.30. The second-order valence-corrected chi connectivity index (χ2v) is 9.27. The third-order valence-corrected chi connectivity index (χ3v) is 6.59. The van der Waals surface area contributed by atoms with Gasteiger partial charge in [-0.25, -0.2) is 4.98 Å². The van der Waals surface area contributed by atoms with Gasteiger partial charge in [0.05, 0.1) is 24.5 Å². The van der Waals surface area contributed by atoms with Gasteiger partial charge in [-0.1, -0.05) is 41.0 Å². The minimum Gasteiger partial charge on any atom is -0.491 e. The number of hydrogen-bond donors (Lipinski definition) is 0. The van der Waals surface area contributed by atoms with E-state index in [2.05, 4.69) is 15.2 Å². The molecular formula is C23H21Cl2N5O3S. The molecule has 1 saturated heterocycles. The zero-order chi connectivity index (χ0) is 23.5. The van der Waals surface area contributed by atoms with Gasteiger partial charge in [0, 0.05) is 28.7 Å². The van der Waals surface area contributed by atoms with Gasteiger partial charge < -0.3 is 18.8 Å². The smallest absolute Gasteiger partial charge is 0.215 e. The molecule has 1 fully saturated rings. The van der Waals surface area contributed by atoms with Crippen molar-refractivity contribution in [3.8, 4) is 11.4 Å². The average Bonchev–Trinajstić information content (AvgIpc) is 3.60. The van der Waals surface area contributed by atoms with Gasteiger partial charge in [-0.15, -0.1) is 10.2 Å². The molecule has 11 heteroatoms. The molecule has 2 atom stereocenters. The van der Waals surface area contributed by atoms with E-state index in [0.717, 1.165) is 16.6 Å². The van der Waals surface area contributed by atoms with Gasteiger partial charge in [0.15, 0.2) is 5.16 Å². The molecule has 0 radical (unpaired) electrons. The number of rotatable bonds is 8. The number of ether oxygens (including phenoxy) is 3. The quantitative estimate of drug-likeness (QED) is 0.309. The summed E-state index contributed by atoms with van der Waals surface area (Å²) < 4.78 is 22.5. The highest BCUT2D eigenvalue weighted by Gasteiger charge is 2.45. The van der Waals surface area contributed by atoms with Gasteiger partial charge in [-0.3, -0.25) is 4.57 Å². The van der Waals surface area contributed by atoms with Crippen LogP contribution in [0.15, 0.2) is 72.7 Å². The van der Waals surface area contributed by atoms with Crippen LogP contribution in [-0.2, 0) is 21.8 Å². The molecule has 0 N–H and O–H groups in total. The summed E-state index contributed by atoms with van der Waals surface area (Å²) in [5.41, 5.74) is 1.66. The monoisotopic (exact) mass is 517 g/mol. The van der Waals surface area contributed by atoms with Crippen LogP contribution in [0.2, 0.25) is 10.0 Å². The first-order chi connectivity index (χ1) is 16.6. The SMILES string of the molecule is CSc1nncn1-c1ccc(OCC2COC(Cn3ccnc3)(c3ccc(Cl)cc3Cl)O2)cc1. The molecule has 3 heterocycles. The van der Waals surface area contributed by atoms with Gasteiger partial charge in [0.1, 0.15) is 24.8 Å². The second kappa shape index (κ2) is 9.97. The number of halogens is 2. The van der Waals surface area contributed by atoms with E-state index in [4.69, 9.17) is 37.4 Å². The van der Waals surface area contributed by atoms with Gasteiger partial charge >= 0.3 is 0 Å². The Morgan fingerprint density at radius 2 is 2.03 bits per heavy atom. The molecule has 8 nitrogen and oxygen atoms in total. The summed E-state index contributed by atoms with van der Waals surface area (Å²) in [5, 5.41) is 9.89. The lowest BCUT2D eigenvalue weighted by molar-refractivity contribution is -0.189. The average molecular weight is 518 g/mol. The van der Waals surface area contributed by atoms with Gasteiger partial charge in [-0.05, 0) is 42.7 Å². The van der Waals surface area contributed by atoms with Crippen LogP contribution in [0, 0.1) is 0 Å². The fraction of sp³-hybridized carbons (Fsp3) is 0.261. The molecule has 5 rings (SSSR count). The highest BCUT2D eigenvalue weighted by Crippen LogP contribution is 2.40. The Morgan fingerprint density at radius 3 is 2.76 bits per heavy atom. The van der Waals surface area contributed by atoms with Crippen LogP contribution in [0.25, 0.3) is 5.69 Å². The molecular weight excluding hydrogens is 497 g/mol. The summed E-state index contributed by atoms with van der Waals surface area (Å²) in [5.74, 6) is -0.356. The molecule has 1 aliphatic heterocycles. The third-order valence-electron chi connectivity index (χ3n) is 5.40. The summed E-state index contributed by atoms with van der Waals surface area (Å²) >= 11 is 14.2. The maximum Gasteiger partial charge on any atom is 0.215 e. The Bertz CT molecular complexity index is 1250. The third kappa shape index (κ3) is 4.80. The van der Waals surface area contributed by atoms with E-state index in [1.165, 1.54) is 11.8 Å². The summed E-state index contributed by atoms with van der Waals surface area (Å²) in [6, 6.07) is 13.0. The lowest BCUT2D eigenvalue weighted by atomic mass is 10.1. The number of thioether (sulfide) groups is 1. The first-order valence-electron chi connectivity index (χ1n) is 10.5. The van der Waals surface area contributed by atoms with E-state index < -0.39 is 5.79 Å². The number of imidazole rings is 1. The van der Waals surface area contributed by atoms with Gasteiger partial charge in [0.2, 0.25) is 5.79 Å². The Labute approximate surface area is 210 Å². The molecule has 176 valence electrons. The largest absolute Gasteiger partial charge is 0.491 e. The molecule has 0 bridgehead atoms. The topological polar surface area (TPSA) is 76.2 Å². The number of aromatic nitrogens is 5. The molecule has 2 aromatic carbocycles. The van der Waals surface area contributed by atoms with E-state index in [0.29, 0.717) is 35.4 Å². The van der Waals surface area contributed by atoms with Crippen molar-refractivity contribution in [2.24, 2.45) is 0 Å². The van der Waals surface area contributed by atoms with Crippen molar-refractivity contribution in [3.05, 3.63) is 83.1 Å². The summed E-state index contributed by atoms with van der Waals surface area (Å²) in [4.78, 5) is 4.12. The van der Waals surface area contributed by atoms with Crippen LogP contribution in [0.4, 0.5) is 0 Å². The Morgan fingerprint density at radius 1 is 1.18 bits per heavy atom. The zero-order valence-corrected chi connectivity index (χ0v) is 20.5. The Balaban J connectivity index is 1.29. The van der Waals surface area contributed by atoms with Gasteiger partial charge in [-0.2, -0.15) is 0 Å². The van der Waals surface area contributed by atoms with Crippen LogP contribution in [0.1, 0.15) is 5.56 Å². The molecule has 0 spiro atoms. The van der Waals surface area contributed by atoms with E-state index in [1.807, 2.05) is 51.9 Å². The fourth-order valence-electron chi connectivity index (χ4n) is 3.81. The molecule has 0 aliphatic carbocycles. The lowest BCUT2D eigenvalue weighted by Crippen LogP contribution is -2.34. The Kier molecular flexibility index (Phi) is 6.80. The van der Waals surface area contributed by atoms with Gasteiger partial charge in [0.25, 0.3) is 0 Å². The standard InChI is InChI=1S/C23H21Cl2N5O3S/c1-34-22-28-27-15-30(22)17-3-5-18(6-4-17)31-11-19-12-32-23(33-19,13-29-9-8-26-14-29)20-7-2-16(24)10-21(20)25/h2-10,14-15,19H,11-13H2,1H3. The van der Waals surface area contributed by atoms with Crippen molar-refractivity contribution in [2.45, 2.75) is 23.6 Å². The first kappa shape index (κ1) is 23.2. The van der Waals surface area contributed by atoms with Crippen molar-refractivity contribution in [1.29, 1.82) is 0 Å².